The van der Waals surface area contributed by atoms with E-state index in [0.29, 0.717) is 18.0 Å². The van der Waals surface area contributed by atoms with Crippen LogP contribution in [-0.2, 0) is 13.6 Å². The molecule has 0 saturated carbocycles. The average molecular weight is 252 g/mol. The second-order valence-electron chi connectivity index (χ2n) is 5.81. The monoisotopic (exact) mass is 252 g/mol. The molecule has 4 nitrogen and oxygen atoms in total. The molecule has 4 heteroatoms. The summed E-state index contributed by atoms with van der Waals surface area (Å²) >= 11 is 0. The predicted octanol–water partition coefficient (Wildman–Crippen LogP) is 1.87. The van der Waals surface area contributed by atoms with Gasteiger partial charge in [-0.05, 0) is 13.0 Å². The minimum absolute atomic E-state index is 0.540. The number of aromatic nitrogens is 2. The van der Waals surface area contributed by atoms with Gasteiger partial charge in [-0.2, -0.15) is 5.10 Å². The zero-order chi connectivity index (χ0) is 13.7. The number of hydrogen-bond donors (Lipinski definition) is 1. The second-order valence-corrected chi connectivity index (χ2v) is 5.81. The summed E-state index contributed by atoms with van der Waals surface area (Å²) in [6, 6.07) is 1.09. The molecular weight excluding hydrogens is 224 g/mol. The minimum atomic E-state index is 0.540. The maximum atomic E-state index is 4.22. The standard InChI is InChI=1S/C14H28N4/c1-11(2)14(8-15-12(3)4)17(5)9-13-7-16-18(6)10-13/h7,10-12,14-15H,8-9H2,1-6H3. The Morgan fingerprint density at radius 3 is 2.44 bits per heavy atom. The summed E-state index contributed by atoms with van der Waals surface area (Å²) in [5.74, 6) is 0.637. The van der Waals surface area contributed by atoms with Gasteiger partial charge >= 0.3 is 0 Å². The van der Waals surface area contributed by atoms with Crippen molar-refractivity contribution in [1.82, 2.24) is 20.0 Å². The molecule has 0 bridgehead atoms. The lowest BCUT2D eigenvalue weighted by Gasteiger charge is -2.32. The third kappa shape index (κ3) is 4.78. The fourth-order valence-electron chi connectivity index (χ4n) is 2.22. The highest BCUT2D eigenvalue weighted by Crippen LogP contribution is 2.12. The molecule has 1 aromatic heterocycles. The first kappa shape index (κ1) is 15.2. The van der Waals surface area contributed by atoms with Crippen molar-refractivity contribution in [3.63, 3.8) is 0 Å². The van der Waals surface area contributed by atoms with E-state index in [1.165, 1.54) is 5.56 Å². The third-order valence-electron chi connectivity index (χ3n) is 3.26. The number of likely N-dealkylation sites (N-methyl/N-ethyl adjacent to an activating group) is 1. The van der Waals surface area contributed by atoms with Gasteiger partial charge in [0.15, 0.2) is 0 Å². The molecule has 1 rings (SSSR count). The van der Waals surface area contributed by atoms with E-state index < -0.39 is 0 Å². The van der Waals surface area contributed by atoms with E-state index in [9.17, 15) is 0 Å². The van der Waals surface area contributed by atoms with Gasteiger partial charge in [0.25, 0.3) is 0 Å². The highest BCUT2D eigenvalue weighted by atomic mass is 15.2. The maximum Gasteiger partial charge on any atom is 0.0534 e. The highest BCUT2D eigenvalue weighted by Gasteiger charge is 2.19. The van der Waals surface area contributed by atoms with E-state index in [2.05, 4.69) is 56.3 Å². The van der Waals surface area contributed by atoms with Crippen molar-refractivity contribution in [2.45, 2.75) is 46.3 Å². The maximum absolute atomic E-state index is 4.22. The molecule has 0 amide bonds. The van der Waals surface area contributed by atoms with Crippen molar-refractivity contribution in [3.8, 4) is 0 Å². The van der Waals surface area contributed by atoms with Crippen molar-refractivity contribution in [2.75, 3.05) is 13.6 Å². The number of hydrogen-bond acceptors (Lipinski definition) is 3. The molecule has 1 aromatic rings. The van der Waals surface area contributed by atoms with Gasteiger partial charge in [0.2, 0.25) is 0 Å². The Morgan fingerprint density at radius 2 is 2.00 bits per heavy atom. The average Bonchev–Trinajstić information content (AvgIpc) is 2.63. The number of nitrogens with one attached hydrogen (secondary N) is 1. The normalized spacial score (nSPS) is 13.8. The van der Waals surface area contributed by atoms with E-state index in [1.807, 2.05) is 17.9 Å². The van der Waals surface area contributed by atoms with Gasteiger partial charge in [-0.3, -0.25) is 9.58 Å². The number of nitrogens with zero attached hydrogens (tertiary/aromatic N) is 3. The first-order valence-electron chi connectivity index (χ1n) is 6.81. The van der Waals surface area contributed by atoms with Gasteiger partial charge in [0.05, 0.1) is 6.20 Å². The molecule has 0 radical (unpaired) electrons. The van der Waals surface area contributed by atoms with E-state index >= 15 is 0 Å². The molecule has 0 saturated heterocycles. The van der Waals surface area contributed by atoms with Gasteiger partial charge in [0, 0.05) is 44.0 Å². The van der Waals surface area contributed by atoms with Crippen LogP contribution in [0.3, 0.4) is 0 Å². The molecule has 1 unspecified atom stereocenters. The molecule has 0 aromatic carbocycles. The lowest BCUT2D eigenvalue weighted by molar-refractivity contribution is 0.177. The molecule has 0 spiro atoms. The summed E-state index contributed by atoms with van der Waals surface area (Å²) in [6.07, 6.45) is 4.04. The Morgan fingerprint density at radius 1 is 1.33 bits per heavy atom. The van der Waals surface area contributed by atoms with E-state index in [-0.39, 0.29) is 0 Å². The Kier molecular flexibility index (Phi) is 5.82. The topological polar surface area (TPSA) is 33.1 Å². The lowest BCUT2D eigenvalue weighted by atomic mass is 10.0. The Balaban J connectivity index is 2.56. The summed E-state index contributed by atoms with van der Waals surface area (Å²) in [5, 5.41) is 7.76. The van der Waals surface area contributed by atoms with E-state index in [4.69, 9.17) is 0 Å². The summed E-state index contributed by atoms with van der Waals surface area (Å²) < 4.78 is 1.86. The van der Waals surface area contributed by atoms with Crippen LogP contribution >= 0.6 is 0 Å². The fourth-order valence-corrected chi connectivity index (χ4v) is 2.22. The molecule has 0 fully saturated rings. The molecule has 104 valence electrons. The predicted molar refractivity (Wildman–Crippen MR) is 76.4 cm³/mol. The number of aryl methyl sites for hydroxylation is 1. The quantitative estimate of drug-likeness (QED) is 0.804. The first-order valence-corrected chi connectivity index (χ1v) is 6.81. The van der Waals surface area contributed by atoms with Crippen molar-refractivity contribution >= 4 is 0 Å². The third-order valence-corrected chi connectivity index (χ3v) is 3.26. The minimum Gasteiger partial charge on any atom is -0.313 e. The van der Waals surface area contributed by atoms with Gasteiger partial charge in [-0.1, -0.05) is 27.7 Å². The van der Waals surface area contributed by atoms with Crippen LogP contribution in [0.15, 0.2) is 12.4 Å². The van der Waals surface area contributed by atoms with Crippen molar-refractivity contribution in [2.24, 2.45) is 13.0 Å². The second kappa shape index (κ2) is 6.90. The molecule has 1 N–H and O–H groups in total. The summed E-state index contributed by atoms with van der Waals surface area (Å²) in [4.78, 5) is 2.41. The van der Waals surface area contributed by atoms with Crippen molar-refractivity contribution in [3.05, 3.63) is 18.0 Å². The summed E-state index contributed by atoms with van der Waals surface area (Å²) in [5.41, 5.74) is 1.27. The van der Waals surface area contributed by atoms with Gasteiger partial charge in [-0.25, -0.2) is 0 Å². The van der Waals surface area contributed by atoms with Crippen LogP contribution in [0, 0.1) is 5.92 Å². The molecular formula is C14H28N4. The Hall–Kier alpha value is -0.870. The summed E-state index contributed by atoms with van der Waals surface area (Å²) in [6.45, 7) is 10.9. The van der Waals surface area contributed by atoms with Gasteiger partial charge in [0.1, 0.15) is 0 Å². The largest absolute Gasteiger partial charge is 0.313 e. The fraction of sp³-hybridized carbons (Fsp3) is 0.786. The van der Waals surface area contributed by atoms with Gasteiger partial charge < -0.3 is 5.32 Å². The van der Waals surface area contributed by atoms with Crippen LogP contribution in [-0.4, -0.2) is 40.4 Å². The van der Waals surface area contributed by atoms with Crippen molar-refractivity contribution < 1.29 is 0 Å². The van der Waals surface area contributed by atoms with Crippen LogP contribution in [0.2, 0.25) is 0 Å². The SMILES string of the molecule is CC(C)NCC(C(C)C)N(C)Cc1cnn(C)c1. The molecule has 1 atom stereocenters. The highest BCUT2D eigenvalue weighted by molar-refractivity contribution is 5.03. The van der Waals surface area contributed by atoms with Crippen LogP contribution in [0.4, 0.5) is 0 Å². The Bertz CT molecular complexity index is 343. The number of rotatable bonds is 7. The van der Waals surface area contributed by atoms with Crippen LogP contribution in [0.1, 0.15) is 33.3 Å². The molecule has 0 aliphatic rings. The zero-order valence-electron chi connectivity index (χ0n) is 12.6. The van der Waals surface area contributed by atoms with E-state index in [1.54, 1.807) is 0 Å². The van der Waals surface area contributed by atoms with Crippen LogP contribution in [0.25, 0.3) is 0 Å². The van der Waals surface area contributed by atoms with Crippen LogP contribution in [0.5, 0.6) is 0 Å². The Labute approximate surface area is 111 Å². The first-order chi connectivity index (χ1) is 8.40. The van der Waals surface area contributed by atoms with Crippen molar-refractivity contribution in [1.29, 1.82) is 0 Å². The summed E-state index contributed by atoms with van der Waals surface area (Å²) in [7, 11) is 4.16. The molecule has 0 aliphatic carbocycles. The van der Waals surface area contributed by atoms with Crippen LogP contribution < -0.4 is 5.32 Å². The molecule has 1 heterocycles. The van der Waals surface area contributed by atoms with E-state index in [0.717, 1.165) is 13.1 Å². The van der Waals surface area contributed by atoms with Gasteiger partial charge in [-0.15, -0.1) is 0 Å². The zero-order valence-corrected chi connectivity index (χ0v) is 12.6. The lowest BCUT2D eigenvalue weighted by Crippen LogP contribution is -2.44. The molecule has 0 aliphatic heterocycles. The molecule has 18 heavy (non-hydrogen) atoms. The smallest absolute Gasteiger partial charge is 0.0534 e.